The first kappa shape index (κ1) is 17.0. The molecule has 1 fully saturated rings. The fourth-order valence-electron chi connectivity index (χ4n) is 2.20. The zero-order chi connectivity index (χ0) is 17.0. The molecule has 124 valence electrons. The van der Waals surface area contributed by atoms with Crippen molar-refractivity contribution in [3.63, 3.8) is 0 Å². The van der Waals surface area contributed by atoms with Crippen LogP contribution in [0.25, 0.3) is 0 Å². The Labute approximate surface area is 134 Å². The SMILES string of the molecule is CC(C)C(=O)Nc1cccc(NC(=O)[C@@H]2CC[C@H](C(=O)O)O2)c1. The molecule has 1 aromatic carbocycles. The van der Waals surface area contributed by atoms with E-state index in [0.717, 1.165) is 0 Å². The van der Waals surface area contributed by atoms with Crippen molar-refractivity contribution in [2.45, 2.75) is 38.9 Å². The number of aliphatic carboxylic acids is 1. The Morgan fingerprint density at radius 3 is 2.30 bits per heavy atom. The van der Waals surface area contributed by atoms with Crippen molar-refractivity contribution >= 4 is 29.2 Å². The number of carbonyl (C=O) groups is 3. The first-order valence-electron chi connectivity index (χ1n) is 7.47. The van der Waals surface area contributed by atoms with Gasteiger partial charge in [0.2, 0.25) is 5.91 Å². The number of nitrogens with one attached hydrogen (secondary N) is 2. The molecule has 0 aromatic heterocycles. The molecule has 7 heteroatoms. The number of amides is 2. The van der Waals surface area contributed by atoms with E-state index >= 15 is 0 Å². The number of anilines is 2. The molecule has 1 heterocycles. The third-order valence-electron chi connectivity index (χ3n) is 3.51. The van der Waals surface area contributed by atoms with E-state index in [0.29, 0.717) is 24.2 Å². The lowest BCUT2D eigenvalue weighted by Crippen LogP contribution is -2.30. The van der Waals surface area contributed by atoms with Crippen LogP contribution in [0.2, 0.25) is 0 Å². The lowest BCUT2D eigenvalue weighted by molar-refractivity contribution is -0.150. The summed E-state index contributed by atoms with van der Waals surface area (Å²) in [5, 5.41) is 14.3. The van der Waals surface area contributed by atoms with Gasteiger partial charge in [0.25, 0.3) is 5.91 Å². The molecular formula is C16H20N2O5. The summed E-state index contributed by atoms with van der Waals surface area (Å²) in [7, 11) is 0. The van der Waals surface area contributed by atoms with Gasteiger partial charge in [-0.1, -0.05) is 19.9 Å². The van der Waals surface area contributed by atoms with Gasteiger partial charge in [-0.15, -0.1) is 0 Å². The molecule has 2 amide bonds. The molecule has 0 unspecified atom stereocenters. The number of carbonyl (C=O) groups excluding carboxylic acids is 2. The first-order valence-corrected chi connectivity index (χ1v) is 7.47. The fraction of sp³-hybridized carbons (Fsp3) is 0.438. The second-order valence-electron chi connectivity index (χ2n) is 5.74. The molecule has 1 saturated heterocycles. The number of benzene rings is 1. The smallest absolute Gasteiger partial charge is 0.332 e. The largest absolute Gasteiger partial charge is 0.479 e. The number of hydrogen-bond donors (Lipinski definition) is 3. The number of carboxylic acid groups (broad SMARTS) is 1. The highest BCUT2D eigenvalue weighted by Gasteiger charge is 2.34. The van der Waals surface area contributed by atoms with Crippen molar-refractivity contribution in [2.75, 3.05) is 10.6 Å². The first-order chi connectivity index (χ1) is 10.9. The molecule has 0 aliphatic carbocycles. The quantitative estimate of drug-likeness (QED) is 0.768. The molecule has 1 aromatic rings. The summed E-state index contributed by atoms with van der Waals surface area (Å²) in [6, 6.07) is 6.76. The highest BCUT2D eigenvalue weighted by Crippen LogP contribution is 2.22. The van der Waals surface area contributed by atoms with Crippen LogP contribution in [0.5, 0.6) is 0 Å². The Morgan fingerprint density at radius 1 is 1.13 bits per heavy atom. The van der Waals surface area contributed by atoms with Gasteiger partial charge in [-0.25, -0.2) is 4.79 Å². The molecule has 0 bridgehead atoms. The maximum Gasteiger partial charge on any atom is 0.332 e. The van der Waals surface area contributed by atoms with Gasteiger partial charge in [0.15, 0.2) is 6.10 Å². The third kappa shape index (κ3) is 4.53. The van der Waals surface area contributed by atoms with Crippen molar-refractivity contribution in [2.24, 2.45) is 5.92 Å². The van der Waals surface area contributed by atoms with E-state index in [2.05, 4.69) is 10.6 Å². The summed E-state index contributed by atoms with van der Waals surface area (Å²) >= 11 is 0. The lowest BCUT2D eigenvalue weighted by atomic mass is 10.2. The van der Waals surface area contributed by atoms with E-state index in [9.17, 15) is 14.4 Å². The van der Waals surface area contributed by atoms with Crippen LogP contribution in [-0.2, 0) is 19.1 Å². The predicted octanol–water partition coefficient (Wildman–Crippen LogP) is 1.85. The molecule has 23 heavy (non-hydrogen) atoms. The standard InChI is InChI=1S/C16H20N2O5/c1-9(2)14(19)17-10-4-3-5-11(8-10)18-15(20)12-6-7-13(23-12)16(21)22/h3-5,8-9,12-13H,6-7H2,1-2H3,(H,17,19)(H,18,20)(H,21,22)/t12-,13+/m0/s1. The molecule has 0 spiro atoms. The van der Waals surface area contributed by atoms with Crippen LogP contribution in [0.1, 0.15) is 26.7 Å². The summed E-state index contributed by atoms with van der Waals surface area (Å²) in [4.78, 5) is 34.6. The van der Waals surface area contributed by atoms with Crippen LogP contribution < -0.4 is 10.6 Å². The van der Waals surface area contributed by atoms with Gasteiger partial charge in [0, 0.05) is 17.3 Å². The summed E-state index contributed by atoms with van der Waals surface area (Å²) in [5.41, 5.74) is 1.09. The van der Waals surface area contributed by atoms with E-state index in [4.69, 9.17) is 9.84 Å². The van der Waals surface area contributed by atoms with E-state index in [-0.39, 0.29) is 17.7 Å². The molecular weight excluding hydrogens is 300 g/mol. The highest BCUT2D eigenvalue weighted by molar-refractivity contribution is 5.96. The van der Waals surface area contributed by atoms with Crippen LogP contribution in [-0.4, -0.2) is 35.1 Å². The van der Waals surface area contributed by atoms with Crippen molar-refractivity contribution < 1.29 is 24.2 Å². The van der Waals surface area contributed by atoms with E-state index < -0.39 is 18.2 Å². The van der Waals surface area contributed by atoms with E-state index in [1.165, 1.54) is 0 Å². The van der Waals surface area contributed by atoms with E-state index in [1.54, 1.807) is 38.1 Å². The van der Waals surface area contributed by atoms with Gasteiger partial charge >= 0.3 is 5.97 Å². The van der Waals surface area contributed by atoms with Crippen molar-refractivity contribution in [3.05, 3.63) is 24.3 Å². The number of hydrogen-bond acceptors (Lipinski definition) is 4. The van der Waals surface area contributed by atoms with Gasteiger partial charge in [-0.05, 0) is 31.0 Å². The molecule has 1 aliphatic rings. The highest BCUT2D eigenvalue weighted by atomic mass is 16.5. The van der Waals surface area contributed by atoms with Crippen LogP contribution >= 0.6 is 0 Å². The Hall–Kier alpha value is -2.41. The lowest BCUT2D eigenvalue weighted by Gasteiger charge is -2.13. The summed E-state index contributed by atoms with van der Waals surface area (Å²) in [5.74, 6) is -1.70. The van der Waals surface area contributed by atoms with Gasteiger partial charge in [0.05, 0.1) is 0 Å². The Kier molecular flexibility index (Phi) is 5.33. The molecule has 2 atom stereocenters. The monoisotopic (exact) mass is 320 g/mol. The average molecular weight is 320 g/mol. The molecule has 7 nitrogen and oxygen atoms in total. The maximum atomic E-state index is 12.1. The Balaban J connectivity index is 1.96. The number of carboxylic acids is 1. The average Bonchev–Trinajstić information content (AvgIpc) is 2.97. The molecule has 1 aliphatic heterocycles. The van der Waals surface area contributed by atoms with Gasteiger partial charge in [-0.3, -0.25) is 9.59 Å². The second-order valence-corrected chi connectivity index (χ2v) is 5.74. The van der Waals surface area contributed by atoms with Gasteiger partial charge < -0.3 is 20.5 Å². The zero-order valence-corrected chi connectivity index (χ0v) is 13.0. The van der Waals surface area contributed by atoms with Crippen LogP contribution in [0, 0.1) is 5.92 Å². The minimum Gasteiger partial charge on any atom is -0.479 e. The normalized spacial score (nSPS) is 20.3. The van der Waals surface area contributed by atoms with Crippen molar-refractivity contribution in [3.8, 4) is 0 Å². The molecule has 0 saturated carbocycles. The number of ether oxygens (including phenoxy) is 1. The summed E-state index contributed by atoms with van der Waals surface area (Å²) < 4.78 is 5.20. The summed E-state index contributed by atoms with van der Waals surface area (Å²) in [6.07, 6.45) is -1.02. The van der Waals surface area contributed by atoms with Crippen LogP contribution in [0.15, 0.2) is 24.3 Å². The fourth-order valence-corrected chi connectivity index (χ4v) is 2.20. The van der Waals surface area contributed by atoms with Crippen LogP contribution in [0.4, 0.5) is 11.4 Å². The van der Waals surface area contributed by atoms with Crippen molar-refractivity contribution in [1.82, 2.24) is 0 Å². The maximum absolute atomic E-state index is 12.1. The second kappa shape index (κ2) is 7.23. The topological polar surface area (TPSA) is 105 Å². The minimum atomic E-state index is -1.06. The third-order valence-corrected chi connectivity index (χ3v) is 3.51. The molecule has 0 radical (unpaired) electrons. The van der Waals surface area contributed by atoms with Crippen LogP contribution in [0.3, 0.4) is 0 Å². The van der Waals surface area contributed by atoms with Gasteiger partial charge in [-0.2, -0.15) is 0 Å². The van der Waals surface area contributed by atoms with Gasteiger partial charge in [0.1, 0.15) is 6.10 Å². The Morgan fingerprint density at radius 2 is 1.74 bits per heavy atom. The molecule has 3 N–H and O–H groups in total. The minimum absolute atomic E-state index is 0.114. The van der Waals surface area contributed by atoms with Crippen molar-refractivity contribution in [1.29, 1.82) is 0 Å². The predicted molar refractivity (Wildman–Crippen MR) is 84.1 cm³/mol. The van der Waals surface area contributed by atoms with E-state index in [1.807, 2.05) is 0 Å². The number of rotatable bonds is 5. The summed E-state index contributed by atoms with van der Waals surface area (Å²) in [6.45, 7) is 3.58. The molecule has 2 rings (SSSR count). The Bertz CT molecular complexity index is 614. The zero-order valence-electron chi connectivity index (χ0n) is 13.0.